The molecule has 0 spiro atoms. The molecule has 1 aliphatic heterocycles. The van der Waals surface area contributed by atoms with Crippen molar-refractivity contribution in [1.29, 1.82) is 0 Å². The third-order valence-electron chi connectivity index (χ3n) is 4.30. The van der Waals surface area contributed by atoms with E-state index in [0.29, 0.717) is 0 Å². The molecule has 4 nitrogen and oxygen atoms in total. The van der Waals surface area contributed by atoms with E-state index in [-0.39, 0.29) is 0 Å². The number of likely N-dealkylation sites (N-methyl/N-ethyl adjacent to an activating group) is 1. The SMILES string of the molecule is CCN1CCC(N(C)CCNCc2ccccn2)CC1. The summed E-state index contributed by atoms with van der Waals surface area (Å²) in [5.74, 6) is 0. The van der Waals surface area contributed by atoms with E-state index in [1.165, 1.54) is 32.5 Å². The van der Waals surface area contributed by atoms with E-state index >= 15 is 0 Å². The lowest BCUT2D eigenvalue weighted by molar-refractivity contribution is 0.132. The number of aromatic nitrogens is 1. The van der Waals surface area contributed by atoms with Crippen LogP contribution >= 0.6 is 0 Å². The first-order valence-corrected chi connectivity index (χ1v) is 7.83. The van der Waals surface area contributed by atoms with Crippen molar-refractivity contribution >= 4 is 0 Å². The molecule has 112 valence electrons. The second-order valence-corrected chi connectivity index (χ2v) is 5.64. The van der Waals surface area contributed by atoms with Crippen molar-refractivity contribution in [2.75, 3.05) is 39.8 Å². The molecule has 1 aliphatic rings. The molecule has 0 aliphatic carbocycles. The zero-order valence-electron chi connectivity index (χ0n) is 12.9. The lowest BCUT2D eigenvalue weighted by atomic mass is 10.0. The minimum Gasteiger partial charge on any atom is -0.310 e. The summed E-state index contributed by atoms with van der Waals surface area (Å²) < 4.78 is 0. The normalized spacial score (nSPS) is 17.8. The van der Waals surface area contributed by atoms with Gasteiger partial charge in [0.2, 0.25) is 0 Å². The van der Waals surface area contributed by atoms with Crippen molar-refractivity contribution in [2.45, 2.75) is 32.4 Å². The van der Waals surface area contributed by atoms with Crippen molar-refractivity contribution < 1.29 is 0 Å². The second kappa shape index (κ2) is 8.35. The van der Waals surface area contributed by atoms with Crippen molar-refractivity contribution in [3.63, 3.8) is 0 Å². The zero-order valence-corrected chi connectivity index (χ0v) is 12.9. The number of nitrogens with zero attached hydrogens (tertiary/aromatic N) is 3. The molecule has 20 heavy (non-hydrogen) atoms. The average Bonchev–Trinajstić information content (AvgIpc) is 2.52. The Kier molecular flexibility index (Phi) is 6.43. The molecule has 0 saturated carbocycles. The minimum atomic E-state index is 0.759. The molecular weight excluding hydrogens is 248 g/mol. The summed E-state index contributed by atoms with van der Waals surface area (Å²) in [5.41, 5.74) is 1.12. The second-order valence-electron chi connectivity index (χ2n) is 5.64. The molecule has 4 heteroatoms. The molecule has 0 aromatic carbocycles. The Bertz CT molecular complexity index is 360. The van der Waals surface area contributed by atoms with Crippen LogP contribution in [0.25, 0.3) is 0 Å². The average molecular weight is 276 g/mol. The fraction of sp³-hybridized carbons (Fsp3) is 0.688. The molecule has 2 heterocycles. The van der Waals surface area contributed by atoms with Crippen LogP contribution in [0.2, 0.25) is 0 Å². The van der Waals surface area contributed by atoms with Gasteiger partial charge in [0.05, 0.1) is 5.69 Å². The van der Waals surface area contributed by atoms with Crippen molar-refractivity contribution in [3.05, 3.63) is 30.1 Å². The van der Waals surface area contributed by atoms with Crippen LogP contribution in [0, 0.1) is 0 Å². The minimum absolute atomic E-state index is 0.759. The molecule has 1 N–H and O–H groups in total. The molecule has 1 fully saturated rings. The van der Waals surface area contributed by atoms with Crippen molar-refractivity contribution in [1.82, 2.24) is 20.1 Å². The first kappa shape index (κ1) is 15.4. The van der Waals surface area contributed by atoms with Gasteiger partial charge in [0.25, 0.3) is 0 Å². The van der Waals surface area contributed by atoms with Gasteiger partial charge < -0.3 is 15.1 Å². The third kappa shape index (κ3) is 4.85. The molecule has 0 atom stereocenters. The molecule has 1 saturated heterocycles. The predicted molar refractivity (Wildman–Crippen MR) is 83.7 cm³/mol. The van der Waals surface area contributed by atoms with Crippen LogP contribution in [-0.2, 0) is 6.54 Å². The molecule has 0 radical (unpaired) electrons. The molecule has 1 aromatic rings. The summed E-state index contributed by atoms with van der Waals surface area (Å²) in [7, 11) is 2.26. The van der Waals surface area contributed by atoms with Gasteiger partial charge in [-0.1, -0.05) is 13.0 Å². The van der Waals surface area contributed by atoms with Crippen molar-refractivity contribution in [3.8, 4) is 0 Å². The molecule has 0 bridgehead atoms. The molecule has 2 rings (SSSR count). The highest BCUT2D eigenvalue weighted by Crippen LogP contribution is 2.14. The van der Waals surface area contributed by atoms with Gasteiger partial charge in [-0.25, -0.2) is 0 Å². The van der Waals surface area contributed by atoms with Crippen LogP contribution in [0.4, 0.5) is 0 Å². The van der Waals surface area contributed by atoms with Crippen LogP contribution < -0.4 is 5.32 Å². The maximum atomic E-state index is 4.32. The number of piperidine rings is 1. The first-order valence-electron chi connectivity index (χ1n) is 7.83. The topological polar surface area (TPSA) is 31.4 Å². The van der Waals surface area contributed by atoms with Crippen LogP contribution in [0.15, 0.2) is 24.4 Å². The Labute approximate surface area is 123 Å². The summed E-state index contributed by atoms with van der Waals surface area (Å²) in [6.07, 6.45) is 4.47. The number of hydrogen-bond donors (Lipinski definition) is 1. The molecular formula is C16H28N4. The van der Waals surface area contributed by atoms with Gasteiger partial charge in [0.1, 0.15) is 0 Å². The van der Waals surface area contributed by atoms with E-state index in [4.69, 9.17) is 0 Å². The number of rotatable bonds is 7. The lowest BCUT2D eigenvalue weighted by Crippen LogP contribution is -2.45. The summed E-state index contributed by atoms with van der Waals surface area (Å²) in [5, 5.41) is 3.48. The molecule has 0 amide bonds. The largest absolute Gasteiger partial charge is 0.310 e. The third-order valence-corrected chi connectivity index (χ3v) is 4.30. The molecule has 0 unspecified atom stereocenters. The number of pyridine rings is 1. The van der Waals surface area contributed by atoms with E-state index in [9.17, 15) is 0 Å². The van der Waals surface area contributed by atoms with E-state index in [1.54, 1.807) is 0 Å². The van der Waals surface area contributed by atoms with Gasteiger partial charge in [-0.3, -0.25) is 4.98 Å². The van der Waals surface area contributed by atoms with Crippen molar-refractivity contribution in [2.24, 2.45) is 0 Å². The van der Waals surface area contributed by atoms with E-state index in [1.807, 2.05) is 18.3 Å². The fourth-order valence-corrected chi connectivity index (χ4v) is 2.83. The summed E-state index contributed by atoms with van der Waals surface area (Å²) in [4.78, 5) is 9.38. The van der Waals surface area contributed by atoms with E-state index < -0.39 is 0 Å². The van der Waals surface area contributed by atoms with Gasteiger partial charge >= 0.3 is 0 Å². The smallest absolute Gasteiger partial charge is 0.0541 e. The number of hydrogen-bond acceptors (Lipinski definition) is 4. The van der Waals surface area contributed by atoms with E-state index in [2.05, 4.69) is 40.1 Å². The van der Waals surface area contributed by atoms with Gasteiger partial charge in [0.15, 0.2) is 0 Å². The maximum Gasteiger partial charge on any atom is 0.0541 e. The monoisotopic (exact) mass is 276 g/mol. The highest BCUT2D eigenvalue weighted by molar-refractivity contribution is 5.02. The van der Waals surface area contributed by atoms with Crippen LogP contribution in [-0.4, -0.2) is 60.6 Å². The lowest BCUT2D eigenvalue weighted by Gasteiger charge is -2.36. The van der Waals surface area contributed by atoms with Crippen LogP contribution in [0.5, 0.6) is 0 Å². The predicted octanol–water partition coefficient (Wildman–Crippen LogP) is 1.59. The first-order chi connectivity index (χ1) is 9.79. The highest BCUT2D eigenvalue weighted by Gasteiger charge is 2.20. The Hall–Kier alpha value is -0.970. The summed E-state index contributed by atoms with van der Waals surface area (Å²) in [6.45, 7) is 8.97. The Morgan fingerprint density at radius 3 is 2.80 bits per heavy atom. The molecule has 1 aromatic heterocycles. The summed E-state index contributed by atoms with van der Waals surface area (Å²) >= 11 is 0. The standard InChI is InChI=1S/C16H28N4/c1-3-20-11-7-16(8-12-20)19(2)13-10-17-14-15-6-4-5-9-18-15/h4-6,9,16-17H,3,7-8,10-14H2,1-2H3. The Balaban J connectivity index is 1.59. The van der Waals surface area contributed by atoms with Crippen LogP contribution in [0.1, 0.15) is 25.5 Å². The highest BCUT2D eigenvalue weighted by atomic mass is 15.2. The van der Waals surface area contributed by atoms with Gasteiger partial charge in [-0.05, 0) is 51.7 Å². The van der Waals surface area contributed by atoms with E-state index in [0.717, 1.165) is 31.4 Å². The Morgan fingerprint density at radius 2 is 2.15 bits per heavy atom. The summed E-state index contributed by atoms with van der Waals surface area (Å²) in [6, 6.07) is 6.82. The quantitative estimate of drug-likeness (QED) is 0.766. The van der Waals surface area contributed by atoms with Crippen LogP contribution in [0.3, 0.4) is 0 Å². The Morgan fingerprint density at radius 1 is 1.35 bits per heavy atom. The van der Waals surface area contributed by atoms with Gasteiger partial charge in [-0.2, -0.15) is 0 Å². The number of nitrogens with one attached hydrogen (secondary N) is 1. The zero-order chi connectivity index (χ0) is 14.2. The fourth-order valence-electron chi connectivity index (χ4n) is 2.83. The van der Waals surface area contributed by atoms with Gasteiger partial charge in [0, 0.05) is 31.9 Å². The maximum absolute atomic E-state index is 4.32. The number of likely N-dealkylation sites (tertiary alicyclic amines) is 1. The van der Waals surface area contributed by atoms with Gasteiger partial charge in [-0.15, -0.1) is 0 Å².